The minimum Gasteiger partial charge on any atom is -0.365 e. The number of benzene rings is 1. The third-order valence-corrected chi connectivity index (χ3v) is 6.07. The number of hydrogen-bond donors (Lipinski definition) is 3. The van der Waals surface area contributed by atoms with Crippen molar-refractivity contribution in [2.45, 2.75) is 26.2 Å². The first-order valence-corrected chi connectivity index (χ1v) is 9.50. The molecule has 2 aromatic heterocycles. The molecule has 0 aliphatic heterocycles. The Kier molecular flexibility index (Phi) is 4.27. The molecular formula is C19H18N4O3S. The van der Waals surface area contributed by atoms with Gasteiger partial charge in [0.05, 0.1) is 10.9 Å². The zero-order chi connectivity index (χ0) is 19.1. The number of carbonyl (C=O) groups excluding carboxylic acids is 2. The van der Waals surface area contributed by atoms with Gasteiger partial charge < -0.3 is 11.1 Å². The number of fused-ring (bicyclic) bond motifs is 2. The summed E-state index contributed by atoms with van der Waals surface area (Å²) in [6, 6.07) is 6.76. The van der Waals surface area contributed by atoms with E-state index in [1.54, 1.807) is 24.3 Å². The van der Waals surface area contributed by atoms with Gasteiger partial charge in [0.2, 0.25) is 0 Å². The van der Waals surface area contributed by atoms with Crippen LogP contribution in [0.4, 0.5) is 5.00 Å². The van der Waals surface area contributed by atoms with E-state index in [4.69, 9.17) is 5.73 Å². The van der Waals surface area contributed by atoms with Crippen LogP contribution < -0.4 is 16.6 Å². The molecule has 2 heterocycles. The normalized spacial score (nSPS) is 16.1. The second-order valence-corrected chi connectivity index (χ2v) is 7.93. The molecule has 4 rings (SSSR count). The molecular weight excluding hydrogens is 364 g/mol. The Bertz CT molecular complexity index is 1130. The standard InChI is InChI=1S/C19H18N4O3S/c1-9-6-7-12-13(8-9)27-19(14(12)16(20)24)21-18(26)15-10-4-2-3-5-11(10)17(25)23-22-15/h2-5,9H,6-8H2,1H3,(H2,20,24)(H,21,26)(H,23,25)/t9-/m1/s1. The van der Waals surface area contributed by atoms with Gasteiger partial charge in [0, 0.05) is 10.3 Å². The molecule has 2 amide bonds. The van der Waals surface area contributed by atoms with E-state index in [1.165, 1.54) is 11.3 Å². The van der Waals surface area contributed by atoms with E-state index in [1.807, 2.05) is 0 Å². The second kappa shape index (κ2) is 6.62. The van der Waals surface area contributed by atoms with Crippen LogP contribution >= 0.6 is 11.3 Å². The highest BCUT2D eigenvalue weighted by Crippen LogP contribution is 2.39. The minimum absolute atomic E-state index is 0.0976. The summed E-state index contributed by atoms with van der Waals surface area (Å²) in [6.45, 7) is 2.17. The van der Waals surface area contributed by atoms with E-state index >= 15 is 0 Å². The van der Waals surface area contributed by atoms with Crippen LogP contribution in [0.3, 0.4) is 0 Å². The van der Waals surface area contributed by atoms with Crippen molar-refractivity contribution in [2.24, 2.45) is 11.7 Å². The van der Waals surface area contributed by atoms with Gasteiger partial charge in [-0.3, -0.25) is 14.4 Å². The third-order valence-electron chi connectivity index (χ3n) is 4.90. The topological polar surface area (TPSA) is 118 Å². The van der Waals surface area contributed by atoms with Crippen molar-refractivity contribution in [3.8, 4) is 0 Å². The van der Waals surface area contributed by atoms with Crippen molar-refractivity contribution < 1.29 is 9.59 Å². The molecule has 3 aromatic rings. The Morgan fingerprint density at radius 1 is 1.30 bits per heavy atom. The number of rotatable bonds is 3. The largest absolute Gasteiger partial charge is 0.365 e. The summed E-state index contributed by atoms with van der Waals surface area (Å²) in [5, 5.41) is 10.3. The quantitative estimate of drug-likeness (QED) is 0.645. The molecule has 0 spiro atoms. The van der Waals surface area contributed by atoms with E-state index < -0.39 is 11.8 Å². The van der Waals surface area contributed by atoms with Gasteiger partial charge in [-0.05, 0) is 36.8 Å². The monoisotopic (exact) mass is 382 g/mol. The number of thiophene rings is 1. The van der Waals surface area contributed by atoms with Crippen LogP contribution in [-0.2, 0) is 12.8 Å². The molecule has 1 atom stereocenters. The number of amides is 2. The van der Waals surface area contributed by atoms with Crippen molar-refractivity contribution in [1.82, 2.24) is 10.2 Å². The number of aromatic amines is 1. The molecule has 0 fully saturated rings. The lowest BCUT2D eigenvalue weighted by Crippen LogP contribution is -2.21. The van der Waals surface area contributed by atoms with Gasteiger partial charge in [0.1, 0.15) is 5.00 Å². The molecule has 138 valence electrons. The first kappa shape index (κ1) is 17.4. The fourth-order valence-corrected chi connectivity index (χ4v) is 4.96. The van der Waals surface area contributed by atoms with Crippen LogP contribution in [0.25, 0.3) is 10.8 Å². The highest BCUT2D eigenvalue weighted by molar-refractivity contribution is 7.17. The number of nitrogens with one attached hydrogen (secondary N) is 2. The Labute approximate surface area is 158 Å². The predicted molar refractivity (Wildman–Crippen MR) is 104 cm³/mol. The van der Waals surface area contributed by atoms with Crippen LogP contribution in [0, 0.1) is 5.92 Å². The minimum atomic E-state index is -0.545. The molecule has 8 heteroatoms. The summed E-state index contributed by atoms with van der Waals surface area (Å²) in [7, 11) is 0. The zero-order valence-electron chi connectivity index (χ0n) is 14.7. The molecule has 1 aromatic carbocycles. The molecule has 7 nitrogen and oxygen atoms in total. The summed E-state index contributed by atoms with van der Waals surface area (Å²) in [5.41, 5.74) is 6.67. The summed E-state index contributed by atoms with van der Waals surface area (Å²) < 4.78 is 0. The number of H-pyrrole nitrogens is 1. The fraction of sp³-hybridized carbons (Fsp3) is 0.263. The number of primary amides is 1. The van der Waals surface area contributed by atoms with Crippen LogP contribution in [0.5, 0.6) is 0 Å². The number of nitrogens with two attached hydrogens (primary N) is 1. The average molecular weight is 382 g/mol. The number of anilines is 1. The van der Waals surface area contributed by atoms with Crippen LogP contribution in [-0.4, -0.2) is 22.0 Å². The molecule has 0 saturated heterocycles. The Morgan fingerprint density at radius 2 is 2.04 bits per heavy atom. The summed E-state index contributed by atoms with van der Waals surface area (Å²) in [4.78, 5) is 37.9. The first-order valence-electron chi connectivity index (χ1n) is 8.68. The molecule has 27 heavy (non-hydrogen) atoms. The lowest BCUT2D eigenvalue weighted by molar-refractivity contribution is 0.1000. The third kappa shape index (κ3) is 3.02. The van der Waals surface area contributed by atoms with E-state index in [-0.39, 0.29) is 11.3 Å². The van der Waals surface area contributed by atoms with Crippen LogP contribution in [0.2, 0.25) is 0 Å². The predicted octanol–water partition coefficient (Wildman–Crippen LogP) is 2.46. The number of carbonyl (C=O) groups is 2. The molecule has 0 bridgehead atoms. The summed E-state index contributed by atoms with van der Waals surface area (Å²) in [5.74, 6) is -0.501. The maximum absolute atomic E-state index is 12.9. The number of nitrogens with zero attached hydrogens (tertiary/aromatic N) is 1. The van der Waals surface area contributed by atoms with Gasteiger partial charge >= 0.3 is 0 Å². The maximum Gasteiger partial charge on any atom is 0.277 e. The Morgan fingerprint density at radius 3 is 2.78 bits per heavy atom. The van der Waals surface area contributed by atoms with Gasteiger partial charge in [-0.25, -0.2) is 5.10 Å². The lowest BCUT2D eigenvalue weighted by Gasteiger charge is -2.18. The van der Waals surface area contributed by atoms with Crippen molar-refractivity contribution in [3.63, 3.8) is 0 Å². The molecule has 0 unspecified atom stereocenters. The van der Waals surface area contributed by atoms with Crippen molar-refractivity contribution in [2.75, 3.05) is 5.32 Å². The van der Waals surface area contributed by atoms with Crippen molar-refractivity contribution in [3.05, 3.63) is 56.3 Å². The van der Waals surface area contributed by atoms with Gasteiger partial charge in [0.15, 0.2) is 5.69 Å². The smallest absolute Gasteiger partial charge is 0.277 e. The van der Waals surface area contributed by atoms with Gasteiger partial charge in [-0.2, -0.15) is 5.10 Å². The number of aromatic nitrogens is 2. The van der Waals surface area contributed by atoms with E-state index in [2.05, 4.69) is 22.4 Å². The van der Waals surface area contributed by atoms with Crippen molar-refractivity contribution in [1.29, 1.82) is 0 Å². The fourth-order valence-electron chi connectivity index (χ4n) is 3.55. The average Bonchev–Trinajstić information content (AvgIpc) is 2.99. The number of hydrogen-bond acceptors (Lipinski definition) is 5. The molecule has 0 saturated carbocycles. The zero-order valence-corrected chi connectivity index (χ0v) is 15.5. The van der Waals surface area contributed by atoms with Crippen LogP contribution in [0.15, 0.2) is 29.1 Å². The van der Waals surface area contributed by atoms with E-state index in [0.29, 0.717) is 27.3 Å². The van der Waals surface area contributed by atoms with Gasteiger partial charge in [-0.15, -0.1) is 11.3 Å². The van der Waals surface area contributed by atoms with Gasteiger partial charge in [0.25, 0.3) is 17.4 Å². The Balaban J connectivity index is 1.75. The lowest BCUT2D eigenvalue weighted by atomic mass is 9.88. The SMILES string of the molecule is C[C@@H]1CCc2c(sc(NC(=O)c3n[nH]c(=O)c4ccccc34)c2C(N)=O)C1. The molecule has 4 N–H and O–H groups in total. The first-order chi connectivity index (χ1) is 13.0. The second-order valence-electron chi connectivity index (χ2n) is 6.82. The van der Waals surface area contributed by atoms with Crippen LogP contribution in [0.1, 0.15) is 44.6 Å². The maximum atomic E-state index is 12.9. The highest BCUT2D eigenvalue weighted by atomic mass is 32.1. The summed E-state index contributed by atoms with van der Waals surface area (Å²) >= 11 is 1.39. The Hall–Kier alpha value is -3.00. The summed E-state index contributed by atoms with van der Waals surface area (Å²) in [6.07, 6.45) is 2.64. The van der Waals surface area contributed by atoms with Gasteiger partial charge in [-0.1, -0.05) is 25.1 Å². The van der Waals surface area contributed by atoms with Crippen molar-refractivity contribution >= 4 is 38.9 Å². The highest BCUT2D eigenvalue weighted by Gasteiger charge is 2.28. The molecule has 1 aliphatic rings. The molecule has 0 radical (unpaired) electrons. The van der Waals surface area contributed by atoms with E-state index in [9.17, 15) is 14.4 Å². The molecule has 1 aliphatic carbocycles. The van der Waals surface area contributed by atoms with E-state index in [0.717, 1.165) is 29.7 Å².